The summed E-state index contributed by atoms with van der Waals surface area (Å²) in [5.74, 6) is -1.12. The van der Waals surface area contributed by atoms with Gasteiger partial charge in [-0.05, 0) is 70.8 Å². The Balaban J connectivity index is 1.07. The minimum absolute atomic E-state index is 0.0838. The Morgan fingerprint density at radius 2 is 1.29 bits per heavy atom. The van der Waals surface area contributed by atoms with Gasteiger partial charge in [-0.1, -0.05) is 133 Å². The predicted octanol–water partition coefficient (Wildman–Crippen LogP) is 11.0. The third-order valence-electron chi connectivity index (χ3n) is 8.45. The van der Waals surface area contributed by atoms with Crippen LogP contribution in [0.15, 0.2) is 180 Å². The highest BCUT2D eigenvalue weighted by molar-refractivity contribution is 8.00. The van der Waals surface area contributed by atoms with Gasteiger partial charge in [0.05, 0.1) is 5.69 Å². The van der Waals surface area contributed by atoms with Crippen LogP contribution in [0.1, 0.15) is 26.7 Å². The van der Waals surface area contributed by atoms with Gasteiger partial charge in [-0.25, -0.2) is 4.98 Å². The zero-order valence-electron chi connectivity index (χ0n) is 29.2. The van der Waals surface area contributed by atoms with Crippen molar-refractivity contribution >= 4 is 69.3 Å². The monoisotopic (exact) mass is 776 g/mol. The van der Waals surface area contributed by atoms with Crippen molar-refractivity contribution < 1.29 is 14.4 Å². The van der Waals surface area contributed by atoms with Gasteiger partial charge in [-0.2, -0.15) is 0 Å². The molecule has 0 spiro atoms. The fourth-order valence-electron chi connectivity index (χ4n) is 5.66. The summed E-state index contributed by atoms with van der Waals surface area (Å²) < 4.78 is 0. The Morgan fingerprint density at radius 1 is 0.673 bits per heavy atom. The molecule has 270 valence electrons. The van der Waals surface area contributed by atoms with Crippen molar-refractivity contribution in [1.82, 2.24) is 10.3 Å². The molecule has 3 N–H and O–H groups in total. The number of amides is 3. The minimum atomic E-state index is -0.592. The molecule has 0 saturated heterocycles. The number of benzene rings is 6. The summed E-state index contributed by atoms with van der Waals surface area (Å²) in [5, 5.41) is 11.0. The lowest BCUT2D eigenvalue weighted by Gasteiger charge is -2.17. The van der Waals surface area contributed by atoms with Crippen LogP contribution in [0.2, 0.25) is 5.02 Å². The average Bonchev–Trinajstić information content (AvgIpc) is 3.69. The zero-order valence-corrected chi connectivity index (χ0v) is 31.6. The molecule has 0 aliphatic carbocycles. The molecule has 10 heteroatoms. The zero-order chi connectivity index (χ0) is 38.0. The van der Waals surface area contributed by atoms with E-state index in [1.165, 1.54) is 23.1 Å². The third kappa shape index (κ3) is 9.65. The number of nitrogens with zero attached hydrogens (tertiary/aromatic N) is 1. The largest absolute Gasteiger partial charge is 0.321 e. The minimum Gasteiger partial charge on any atom is -0.321 e. The van der Waals surface area contributed by atoms with E-state index in [0.717, 1.165) is 32.7 Å². The van der Waals surface area contributed by atoms with Gasteiger partial charge < -0.3 is 16.0 Å². The number of hydrogen-bond acceptors (Lipinski definition) is 6. The molecule has 0 saturated carbocycles. The molecule has 3 amide bonds. The molecule has 7 nitrogen and oxygen atoms in total. The van der Waals surface area contributed by atoms with Crippen LogP contribution in [0.25, 0.3) is 28.5 Å². The second-order valence-corrected chi connectivity index (χ2v) is 14.7. The predicted molar refractivity (Wildman–Crippen MR) is 225 cm³/mol. The van der Waals surface area contributed by atoms with E-state index >= 15 is 0 Å². The number of thiazole rings is 1. The second kappa shape index (κ2) is 17.7. The van der Waals surface area contributed by atoms with Crippen LogP contribution in [0.3, 0.4) is 0 Å². The van der Waals surface area contributed by atoms with Crippen LogP contribution >= 0.6 is 34.7 Å². The standard InChI is InChI=1S/C45H33ClN4O3S2/c46-38-19-11-10-18-37(38)40-29-54-45(49-40)50-44(53)41(33-14-6-2-7-15-33)55-36-26-24-35(25-27-36)47-43(52)39(48-42(51)34-16-8-3-9-17-34)28-30-20-22-32(23-21-30)31-12-4-1-5-13-31/h1-29,41H,(H,47,52)(H,48,51)(H,49,50,53)/b39-28-. The van der Waals surface area contributed by atoms with E-state index < -0.39 is 17.1 Å². The van der Waals surface area contributed by atoms with Gasteiger partial charge in [0.2, 0.25) is 5.91 Å². The van der Waals surface area contributed by atoms with Gasteiger partial charge in [-0.3, -0.25) is 14.4 Å². The highest BCUT2D eigenvalue weighted by Crippen LogP contribution is 2.38. The van der Waals surface area contributed by atoms with Gasteiger partial charge in [0.15, 0.2) is 5.13 Å². The van der Waals surface area contributed by atoms with Crippen LogP contribution in [-0.2, 0) is 9.59 Å². The van der Waals surface area contributed by atoms with Crippen molar-refractivity contribution in [3.8, 4) is 22.4 Å². The molecule has 0 aliphatic heterocycles. The first-order valence-electron chi connectivity index (χ1n) is 17.3. The van der Waals surface area contributed by atoms with E-state index in [-0.39, 0.29) is 11.6 Å². The molecule has 0 radical (unpaired) electrons. The molecule has 6 aromatic carbocycles. The second-order valence-electron chi connectivity index (χ2n) is 12.3. The Morgan fingerprint density at radius 3 is 1.98 bits per heavy atom. The van der Waals surface area contributed by atoms with E-state index in [9.17, 15) is 14.4 Å². The first kappa shape index (κ1) is 37.1. The molecule has 1 aromatic heterocycles. The Bertz CT molecular complexity index is 2440. The van der Waals surface area contributed by atoms with Gasteiger partial charge in [-0.15, -0.1) is 23.1 Å². The maximum Gasteiger partial charge on any atom is 0.272 e. The van der Waals surface area contributed by atoms with Crippen molar-refractivity contribution in [1.29, 1.82) is 0 Å². The number of aromatic nitrogens is 1. The summed E-state index contributed by atoms with van der Waals surface area (Å²) in [6.45, 7) is 0. The molecule has 7 rings (SSSR count). The van der Waals surface area contributed by atoms with Crippen molar-refractivity contribution in [2.75, 3.05) is 10.6 Å². The normalized spacial score (nSPS) is 11.7. The highest BCUT2D eigenvalue weighted by Gasteiger charge is 2.24. The molecule has 1 unspecified atom stereocenters. The summed E-state index contributed by atoms with van der Waals surface area (Å²) in [6.07, 6.45) is 1.65. The number of thioether (sulfide) groups is 1. The van der Waals surface area contributed by atoms with E-state index in [4.69, 9.17) is 11.6 Å². The molecule has 7 aromatic rings. The highest BCUT2D eigenvalue weighted by atomic mass is 35.5. The molecule has 55 heavy (non-hydrogen) atoms. The van der Waals surface area contributed by atoms with Crippen LogP contribution in [0.5, 0.6) is 0 Å². The van der Waals surface area contributed by atoms with E-state index in [2.05, 4.69) is 20.9 Å². The fourth-order valence-corrected chi connectivity index (χ4v) is 7.63. The van der Waals surface area contributed by atoms with Crippen molar-refractivity contribution in [3.63, 3.8) is 0 Å². The van der Waals surface area contributed by atoms with Gasteiger partial charge >= 0.3 is 0 Å². The van der Waals surface area contributed by atoms with Crippen LogP contribution in [0.4, 0.5) is 10.8 Å². The summed E-state index contributed by atoms with van der Waals surface area (Å²) >= 11 is 9.09. The number of rotatable bonds is 12. The number of carbonyl (C=O) groups is 3. The number of nitrogens with one attached hydrogen (secondary N) is 3. The van der Waals surface area contributed by atoms with Gasteiger partial charge in [0.1, 0.15) is 10.9 Å². The maximum absolute atomic E-state index is 13.8. The van der Waals surface area contributed by atoms with E-state index in [0.29, 0.717) is 27.1 Å². The number of anilines is 2. The van der Waals surface area contributed by atoms with Gasteiger partial charge in [0.25, 0.3) is 11.8 Å². The summed E-state index contributed by atoms with van der Waals surface area (Å²) in [6, 6.07) is 50.7. The number of carbonyl (C=O) groups excluding carboxylic acids is 3. The Labute approximate surface area is 332 Å². The molecule has 0 bridgehead atoms. The number of halogens is 1. The Hall–Kier alpha value is -6.26. The van der Waals surface area contributed by atoms with Crippen molar-refractivity contribution in [2.45, 2.75) is 10.1 Å². The SMILES string of the molecule is O=C(Nc1ccc(SC(C(=O)Nc2nc(-c3ccccc3Cl)cs2)c2ccccc2)cc1)/C(=C/c1ccc(-c2ccccc2)cc1)NC(=O)c1ccccc1. The molecular formula is C45H33ClN4O3S2. The van der Waals surface area contributed by atoms with E-state index in [1.54, 1.807) is 48.5 Å². The summed E-state index contributed by atoms with van der Waals surface area (Å²) in [5.41, 5.74) is 6.19. The molecule has 0 aliphatic rings. The lowest BCUT2D eigenvalue weighted by atomic mass is 10.0. The molecule has 0 fully saturated rings. The van der Waals surface area contributed by atoms with Crippen LogP contribution in [-0.4, -0.2) is 22.7 Å². The lowest BCUT2D eigenvalue weighted by Crippen LogP contribution is -2.30. The molecule has 1 atom stereocenters. The van der Waals surface area contributed by atoms with Crippen LogP contribution < -0.4 is 16.0 Å². The van der Waals surface area contributed by atoms with Crippen molar-refractivity contribution in [3.05, 3.63) is 197 Å². The van der Waals surface area contributed by atoms with Crippen LogP contribution in [0, 0.1) is 0 Å². The smallest absolute Gasteiger partial charge is 0.272 e. The first-order chi connectivity index (χ1) is 26.9. The van der Waals surface area contributed by atoms with E-state index in [1.807, 2.05) is 127 Å². The topological polar surface area (TPSA) is 100 Å². The quantitative estimate of drug-likeness (QED) is 0.0847. The average molecular weight is 777 g/mol. The van der Waals surface area contributed by atoms with Crippen molar-refractivity contribution in [2.24, 2.45) is 0 Å². The van der Waals surface area contributed by atoms with Gasteiger partial charge in [0, 0.05) is 32.1 Å². The first-order valence-corrected chi connectivity index (χ1v) is 19.4. The Kier molecular flexibility index (Phi) is 11.9. The summed E-state index contributed by atoms with van der Waals surface area (Å²) in [7, 11) is 0. The maximum atomic E-state index is 13.8. The molecule has 1 heterocycles. The lowest BCUT2D eigenvalue weighted by molar-refractivity contribution is -0.116. The summed E-state index contributed by atoms with van der Waals surface area (Å²) in [4.78, 5) is 46.1. The number of hydrogen-bond donors (Lipinski definition) is 3. The fraction of sp³-hybridized carbons (Fsp3) is 0.0222. The molecular weight excluding hydrogens is 744 g/mol. The third-order valence-corrected chi connectivity index (χ3v) is 10.8.